The summed E-state index contributed by atoms with van der Waals surface area (Å²) in [6.45, 7) is 1.92. The van der Waals surface area contributed by atoms with Crippen LogP contribution in [0.5, 0.6) is 5.75 Å². The van der Waals surface area contributed by atoms with Crippen molar-refractivity contribution in [2.75, 3.05) is 7.11 Å². The lowest BCUT2D eigenvalue weighted by Gasteiger charge is -2.10. The highest BCUT2D eigenvalue weighted by Gasteiger charge is 2.13. The first-order valence-corrected chi connectivity index (χ1v) is 8.92. The van der Waals surface area contributed by atoms with Crippen LogP contribution >= 0.6 is 11.6 Å². The van der Waals surface area contributed by atoms with Gasteiger partial charge in [0.1, 0.15) is 17.9 Å². The fraction of sp³-hybridized carbons (Fsp3) is 0.238. The number of carbonyl (C=O) groups excluding carboxylic acids is 1. The van der Waals surface area contributed by atoms with Gasteiger partial charge in [-0.2, -0.15) is 0 Å². The van der Waals surface area contributed by atoms with Crippen molar-refractivity contribution in [1.82, 2.24) is 0 Å². The van der Waals surface area contributed by atoms with Crippen LogP contribution < -0.4 is 10.4 Å². The number of hydrogen-bond donors (Lipinski definition) is 0. The summed E-state index contributed by atoms with van der Waals surface area (Å²) in [5, 5.41) is 1.24. The van der Waals surface area contributed by atoms with Gasteiger partial charge in [0, 0.05) is 27.6 Å². The Morgan fingerprint density at radius 3 is 2.63 bits per heavy atom. The smallest absolute Gasteiger partial charge is 0.336 e. The Kier molecular flexibility index (Phi) is 5.81. The molecule has 3 rings (SSSR count). The fourth-order valence-electron chi connectivity index (χ4n) is 2.89. The van der Waals surface area contributed by atoms with Gasteiger partial charge in [0.25, 0.3) is 0 Å². The van der Waals surface area contributed by atoms with Gasteiger partial charge in [-0.05, 0) is 30.2 Å². The number of para-hydroxylation sites is 1. The van der Waals surface area contributed by atoms with E-state index in [4.69, 9.17) is 25.5 Å². The van der Waals surface area contributed by atoms with Crippen molar-refractivity contribution in [2.24, 2.45) is 0 Å². The predicted octanol–water partition coefficient (Wildman–Crippen LogP) is 4.30. The second-order valence-electron chi connectivity index (χ2n) is 6.03. The minimum Gasteiger partial charge on any atom is -0.496 e. The van der Waals surface area contributed by atoms with Gasteiger partial charge >= 0.3 is 11.6 Å². The maximum Gasteiger partial charge on any atom is 0.336 e. The zero-order chi connectivity index (χ0) is 19.4. The maximum atomic E-state index is 12.2. The predicted molar refractivity (Wildman–Crippen MR) is 103 cm³/mol. The van der Waals surface area contributed by atoms with Gasteiger partial charge in [-0.15, -0.1) is 0 Å². The summed E-state index contributed by atoms with van der Waals surface area (Å²) in [6.07, 6.45) is 0.792. The van der Waals surface area contributed by atoms with Gasteiger partial charge in [-0.25, -0.2) is 4.79 Å². The van der Waals surface area contributed by atoms with E-state index in [2.05, 4.69) is 0 Å². The lowest BCUT2D eigenvalue weighted by Crippen LogP contribution is -2.10. The van der Waals surface area contributed by atoms with Crippen LogP contribution in [0.25, 0.3) is 11.0 Å². The number of esters is 1. The number of hydrogen-bond acceptors (Lipinski definition) is 5. The standard InChI is InChI=1S/C21H19ClO5/c1-3-13-8-19-16(11-17(13)22)15(10-21(24)27-19)12-26-20(23)9-14-6-4-5-7-18(14)25-2/h4-8,10-11H,3,9,12H2,1-2H3. The molecule has 0 unspecified atom stereocenters. The number of carbonyl (C=O) groups is 1. The molecule has 27 heavy (non-hydrogen) atoms. The van der Waals surface area contributed by atoms with E-state index in [-0.39, 0.29) is 13.0 Å². The molecule has 0 aliphatic carbocycles. The van der Waals surface area contributed by atoms with Crippen LogP contribution in [-0.4, -0.2) is 13.1 Å². The summed E-state index contributed by atoms with van der Waals surface area (Å²) in [6, 6.07) is 12.1. The van der Waals surface area contributed by atoms with Crippen LogP contribution in [0, 0.1) is 0 Å². The summed E-state index contributed by atoms with van der Waals surface area (Å²) < 4.78 is 15.9. The van der Waals surface area contributed by atoms with Crippen molar-refractivity contribution in [3.05, 3.63) is 74.6 Å². The summed E-state index contributed by atoms with van der Waals surface area (Å²) in [7, 11) is 1.55. The molecule has 0 saturated carbocycles. The molecule has 0 amide bonds. The van der Waals surface area contributed by atoms with E-state index < -0.39 is 11.6 Å². The molecule has 0 fully saturated rings. The molecule has 0 N–H and O–H groups in total. The molecule has 3 aromatic rings. The molecule has 0 bridgehead atoms. The number of fused-ring (bicyclic) bond motifs is 1. The number of benzene rings is 2. The lowest BCUT2D eigenvalue weighted by atomic mass is 10.1. The topological polar surface area (TPSA) is 65.7 Å². The zero-order valence-electron chi connectivity index (χ0n) is 15.1. The molecule has 140 valence electrons. The third-order valence-electron chi connectivity index (χ3n) is 4.29. The monoisotopic (exact) mass is 386 g/mol. The van der Waals surface area contributed by atoms with Gasteiger partial charge < -0.3 is 13.9 Å². The molecule has 0 aliphatic rings. The average Bonchev–Trinajstić information content (AvgIpc) is 2.66. The lowest BCUT2D eigenvalue weighted by molar-refractivity contribution is -0.144. The number of rotatable bonds is 6. The summed E-state index contributed by atoms with van der Waals surface area (Å²) in [5.41, 5.74) is 2.11. The number of methoxy groups -OCH3 is 1. The first-order chi connectivity index (χ1) is 13.0. The molecule has 1 heterocycles. The summed E-state index contributed by atoms with van der Waals surface area (Å²) >= 11 is 6.28. The van der Waals surface area contributed by atoms with Gasteiger partial charge in [0.2, 0.25) is 0 Å². The molecular weight excluding hydrogens is 368 g/mol. The second kappa shape index (κ2) is 8.27. The van der Waals surface area contributed by atoms with Crippen LogP contribution in [0.15, 0.2) is 51.7 Å². The first kappa shape index (κ1) is 19.0. The summed E-state index contributed by atoms with van der Waals surface area (Å²) in [5.74, 6) is 0.205. The SMILES string of the molecule is CCc1cc2oc(=O)cc(COC(=O)Cc3ccccc3OC)c2cc1Cl. The molecule has 0 aliphatic heterocycles. The Bertz CT molecular complexity index is 1040. The molecule has 0 radical (unpaired) electrons. The van der Waals surface area contributed by atoms with Crippen LogP contribution in [-0.2, 0) is 29.0 Å². The van der Waals surface area contributed by atoms with Crippen molar-refractivity contribution in [3.63, 3.8) is 0 Å². The van der Waals surface area contributed by atoms with E-state index >= 15 is 0 Å². The van der Waals surface area contributed by atoms with Crippen LogP contribution in [0.2, 0.25) is 5.02 Å². The van der Waals surface area contributed by atoms with Crippen LogP contribution in [0.4, 0.5) is 0 Å². The molecular formula is C21H19ClO5. The van der Waals surface area contributed by atoms with E-state index in [0.717, 1.165) is 17.5 Å². The number of aryl methyl sites for hydroxylation is 1. The third kappa shape index (κ3) is 4.31. The van der Waals surface area contributed by atoms with Gasteiger partial charge in [-0.3, -0.25) is 4.79 Å². The van der Waals surface area contributed by atoms with Gasteiger partial charge in [-0.1, -0.05) is 36.7 Å². The average molecular weight is 387 g/mol. The van der Waals surface area contributed by atoms with Gasteiger partial charge in [0.15, 0.2) is 0 Å². The number of halogens is 1. The zero-order valence-corrected chi connectivity index (χ0v) is 15.8. The van der Waals surface area contributed by atoms with Crippen molar-refractivity contribution in [3.8, 4) is 5.75 Å². The Balaban J connectivity index is 1.81. The largest absolute Gasteiger partial charge is 0.496 e. The van der Waals surface area contributed by atoms with Crippen molar-refractivity contribution in [2.45, 2.75) is 26.4 Å². The van der Waals surface area contributed by atoms with Crippen LogP contribution in [0.1, 0.15) is 23.6 Å². The van der Waals surface area contributed by atoms with E-state index in [9.17, 15) is 9.59 Å². The van der Waals surface area contributed by atoms with Crippen molar-refractivity contribution in [1.29, 1.82) is 0 Å². The first-order valence-electron chi connectivity index (χ1n) is 8.54. The Labute approximate surface area is 161 Å². The second-order valence-corrected chi connectivity index (χ2v) is 6.44. The van der Waals surface area contributed by atoms with Crippen molar-refractivity contribution >= 4 is 28.5 Å². The normalized spacial score (nSPS) is 10.8. The molecule has 0 atom stereocenters. The molecule has 0 spiro atoms. The minimum atomic E-state index is -0.498. The third-order valence-corrected chi connectivity index (χ3v) is 4.65. The minimum absolute atomic E-state index is 0.0438. The Morgan fingerprint density at radius 2 is 1.89 bits per heavy atom. The molecule has 6 heteroatoms. The van der Waals surface area contributed by atoms with E-state index in [1.807, 2.05) is 19.1 Å². The summed E-state index contributed by atoms with van der Waals surface area (Å²) in [4.78, 5) is 24.1. The maximum absolute atomic E-state index is 12.2. The highest BCUT2D eigenvalue weighted by molar-refractivity contribution is 6.32. The number of ether oxygens (including phenoxy) is 2. The van der Waals surface area contributed by atoms with Gasteiger partial charge in [0.05, 0.1) is 13.5 Å². The fourth-order valence-corrected chi connectivity index (χ4v) is 3.19. The van der Waals surface area contributed by atoms with E-state index in [0.29, 0.717) is 27.3 Å². The van der Waals surface area contributed by atoms with Crippen LogP contribution in [0.3, 0.4) is 0 Å². The quantitative estimate of drug-likeness (QED) is 0.466. The molecule has 2 aromatic carbocycles. The Morgan fingerprint density at radius 1 is 1.11 bits per heavy atom. The highest BCUT2D eigenvalue weighted by Crippen LogP contribution is 2.26. The Hall–Kier alpha value is -2.79. The molecule has 1 aromatic heterocycles. The highest BCUT2D eigenvalue weighted by atomic mass is 35.5. The van der Waals surface area contributed by atoms with Crippen molar-refractivity contribution < 1.29 is 18.7 Å². The molecule has 0 saturated heterocycles. The molecule has 5 nitrogen and oxygen atoms in total. The van der Waals surface area contributed by atoms with E-state index in [1.54, 1.807) is 31.4 Å². The van der Waals surface area contributed by atoms with E-state index in [1.165, 1.54) is 6.07 Å².